The Kier molecular flexibility index (Phi) is 5.20. The van der Waals surface area contributed by atoms with Gasteiger partial charge in [-0.2, -0.15) is 0 Å². The molecule has 1 aromatic carbocycles. The van der Waals surface area contributed by atoms with Crippen LogP contribution in [-0.4, -0.2) is 9.97 Å². The molecule has 1 aromatic heterocycles. The maximum Gasteiger partial charge on any atom is 0.162 e. The van der Waals surface area contributed by atoms with Gasteiger partial charge in [0, 0.05) is 5.56 Å². The van der Waals surface area contributed by atoms with E-state index >= 15 is 0 Å². The van der Waals surface area contributed by atoms with Crippen molar-refractivity contribution in [3.63, 3.8) is 0 Å². The predicted octanol–water partition coefficient (Wildman–Crippen LogP) is 5.39. The molecule has 0 fully saturated rings. The van der Waals surface area contributed by atoms with Crippen LogP contribution < -0.4 is 0 Å². The summed E-state index contributed by atoms with van der Waals surface area (Å²) in [4.78, 5) is 8.77. The zero-order valence-electron chi connectivity index (χ0n) is 10.9. The summed E-state index contributed by atoms with van der Waals surface area (Å²) in [7, 11) is 0. The van der Waals surface area contributed by atoms with Gasteiger partial charge in [-0.25, -0.2) is 14.4 Å². The average Bonchev–Trinajstić information content (AvgIpc) is 2.34. The van der Waals surface area contributed by atoms with Crippen molar-refractivity contribution < 1.29 is 4.39 Å². The van der Waals surface area contributed by atoms with Crippen molar-refractivity contribution in [2.45, 2.75) is 20.3 Å². The van der Waals surface area contributed by atoms with Crippen molar-refractivity contribution in [3.05, 3.63) is 43.5 Å². The van der Waals surface area contributed by atoms with Crippen molar-refractivity contribution in [1.82, 2.24) is 9.97 Å². The summed E-state index contributed by atoms with van der Waals surface area (Å²) >= 11 is 14.3. The Bertz CT molecular complexity index is 647. The molecule has 0 aliphatic heterocycles. The number of nitrogens with zero attached hydrogens (tertiary/aromatic N) is 2. The summed E-state index contributed by atoms with van der Waals surface area (Å²) < 4.78 is 14.0. The highest BCUT2D eigenvalue weighted by Crippen LogP contribution is 2.29. The molecule has 0 atom stereocenters. The van der Waals surface area contributed by atoms with E-state index in [2.05, 4.69) is 46.4 Å². The first-order chi connectivity index (χ1) is 9.38. The number of hydrogen-bond acceptors (Lipinski definition) is 2. The average molecular weight is 425 g/mol. The molecule has 0 spiro atoms. The molecule has 6 heteroatoms. The molecule has 0 saturated heterocycles. The minimum atomic E-state index is -0.391. The topological polar surface area (TPSA) is 25.8 Å². The van der Waals surface area contributed by atoms with E-state index < -0.39 is 5.82 Å². The Morgan fingerprint density at radius 2 is 1.95 bits per heavy atom. The second kappa shape index (κ2) is 6.54. The van der Waals surface area contributed by atoms with Crippen LogP contribution in [0.1, 0.15) is 19.5 Å². The molecule has 0 unspecified atom stereocenters. The molecular weight excluding hydrogens is 413 g/mol. The van der Waals surface area contributed by atoms with E-state index in [1.165, 1.54) is 12.1 Å². The molecule has 2 aromatic rings. The largest absolute Gasteiger partial charge is 0.232 e. The van der Waals surface area contributed by atoms with Crippen LogP contribution in [0, 0.1) is 15.3 Å². The van der Waals surface area contributed by atoms with Gasteiger partial charge in [-0.15, -0.1) is 0 Å². The molecule has 106 valence electrons. The molecule has 0 bridgehead atoms. The maximum absolute atomic E-state index is 13.1. The Morgan fingerprint density at radius 1 is 1.25 bits per heavy atom. The third kappa shape index (κ3) is 3.59. The van der Waals surface area contributed by atoms with Gasteiger partial charge in [0.2, 0.25) is 0 Å². The number of benzene rings is 1. The quantitative estimate of drug-likeness (QED) is 0.487. The lowest BCUT2D eigenvalue weighted by molar-refractivity contribution is 0.628. The Labute approximate surface area is 140 Å². The highest BCUT2D eigenvalue weighted by Gasteiger charge is 2.15. The van der Waals surface area contributed by atoms with Gasteiger partial charge in [-0.05, 0) is 53.1 Å². The summed E-state index contributed by atoms with van der Waals surface area (Å²) in [5, 5.41) is 0.671. The first-order valence-electron chi connectivity index (χ1n) is 6.05. The number of hydrogen-bond donors (Lipinski definition) is 0. The monoisotopic (exact) mass is 424 g/mol. The number of aromatic nitrogens is 2. The van der Waals surface area contributed by atoms with Crippen molar-refractivity contribution in [2.24, 2.45) is 5.92 Å². The minimum Gasteiger partial charge on any atom is -0.232 e. The van der Waals surface area contributed by atoms with Crippen molar-refractivity contribution in [2.75, 3.05) is 0 Å². The highest BCUT2D eigenvalue weighted by atomic mass is 127. The second-order valence-electron chi connectivity index (χ2n) is 4.82. The highest BCUT2D eigenvalue weighted by molar-refractivity contribution is 14.1. The molecule has 1 heterocycles. The molecule has 0 saturated carbocycles. The zero-order chi connectivity index (χ0) is 14.9. The molecular formula is C14H12Cl2FIN2. The van der Waals surface area contributed by atoms with Gasteiger partial charge < -0.3 is 0 Å². The lowest BCUT2D eigenvalue weighted by Gasteiger charge is -2.11. The summed E-state index contributed by atoms with van der Waals surface area (Å²) in [5.74, 6) is 0.486. The molecule has 0 N–H and O–H groups in total. The Balaban J connectivity index is 2.54. The first kappa shape index (κ1) is 15.9. The third-order valence-electron chi connectivity index (χ3n) is 2.65. The van der Waals surface area contributed by atoms with Gasteiger partial charge in [-0.3, -0.25) is 0 Å². The molecule has 20 heavy (non-hydrogen) atoms. The SMILES string of the molecule is CC(C)Cc1nc(-c2ccc(F)cc2Cl)nc(Cl)c1I. The molecule has 0 aliphatic carbocycles. The van der Waals surface area contributed by atoms with Crippen molar-refractivity contribution in [1.29, 1.82) is 0 Å². The standard InChI is InChI=1S/C14H12Cl2FIN2/c1-7(2)5-11-12(18)13(16)20-14(19-11)9-4-3-8(17)6-10(9)15/h3-4,6-7H,5H2,1-2H3. The summed E-state index contributed by atoms with van der Waals surface area (Å²) in [6, 6.07) is 4.14. The van der Waals surface area contributed by atoms with Gasteiger partial charge in [0.05, 0.1) is 14.3 Å². The number of rotatable bonds is 3. The van der Waals surface area contributed by atoms with Crippen LogP contribution in [0.4, 0.5) is 4.39 Å². The van der Waals surface area contributed by atoms with E-state index in [-0.39, 0.29) is 5.02 Å². The lowest BCUT2D eigenvalue weighted by atomic mass is 10.1. The van der Waals surface area contributed by atoms with E-state index in [0.29, 0.717) is 22.5 Å². The fourth-order valence-electron chi connectivity index (χ4n) is 1.78. The fourth-order valence-corrected chi connectivity index (χ4v) is 2.68. The van der Waals surface area contributed by atoms with Crippen LogP contribution in [0.25, 0.3) is 11.4 Å². The number of halogens is 4. The van der Waals surface area contributed by atoms with E-state index in [0.717, 1.165) is 15.7 Å². The first-order valence-corrected chi connectivity index (χ1v) is 7.89. The maximum atomic E-state index is 13.1. The molecule has 0 radical (unpaired) electrons. The molecule has 2 nitrogen and oxygen atoms in total. The molecule has 0 amide bonds. The summed E-state index contributed by atoms with van der Waals surface area (Å²) in [6.07, 6.45) is 0.798. The normalized spacial score (nSPS) is 11.2. The Morgan fingerprint density at radius 3 is 2.55 bits per heavy atom. The van der Waals surface area contributed by atoms with Crippen LogP contribution in [-0.2, 0) is 6.42 Å². The third-order valence-corrected chi connectivity index (χ3v) is 4.69. The predicted molar refractivity (Wildman–Crippen MR) is 88.7 cm³/mol. The van der Waals surface area contributed by atoms with Crippen LogP contribution in [0.5, 0.6) is 0 Å². The minimum absolute atomic E-state index is 0.276. The van der Waals surface area contributed by atoms with E-state index in [4.69, 9.17) is 23.2 Å². The van der Waals surface area contributed by atoms with Crippen LogP contribution >= 0.6 is 45.8 Å². The van der Waals surface area contributed by atoms with Gasteiger partial charge in [-0.1, -0.05) is 37.0 Å². The summed E-state index contributed by atoms with van der Waals surface area (Å²) in [6.45, 7) is 4.22. The van der Waals surface area contributed by atoms with Crippen LogP contribution in [0.15, 0.2) is 18.2 Å². The molecule has 0 aliphatic rings. The lowest BCUT2D eigenvalue weighted by Crippen LogP contribution is -2.04. The fraction of sp³-hybridized carbons (Fsp3) is 0.286. The second-order valence-corrected chi connectivity index (χ2v) is 6.66. The van der Waals surface area contributed by atoms with E-state index in [1.807, 2.05) is 0 Å². The van der Waals surface area contributed by atoms with Gasteiger partial charge in [0.15, 0.2) is 5.82 Å². The van der Waals surface area contributed by atoms with Crippen LogP contribution in [0.3, 0.4) is 0 Å². The molecule has 2 rings (SSSR count). The van der Waals surface area contributed by atoms with E-state index in [9.17, 15) is 4.39 Å². The Hall–Kier alpha value is -0.460. The smallest absolute Gasteiger partial charge is 0.162 e. The van der Waals surface area contributed by atoms with Crippen molar-refractivity contribution >= 4 is 45.8 Å². The summed E-state index contributed by atoms with van der Waals surface area (Å²) in [5.41, 5.74) is 1.47. The van der Waals surface area contributed by atoms with Crippen molar-refractivity contribution in [3.8, 4) is 11.4 Å². The van der Waals surface area contributed by atoms with Crippen LogP contribution in [0.2, 0.25) is 10.2 Å². The van der Waals surface area contributed by atoms with Gasteiger partial charge >= 0.3 is 0 Å². The van der Waals surface area contributed by atoms with E-state index in [1.54, 1.807) is 6.07 Å². The zero-order valence-corrected chi connectivity index (χ0v) is 14.6. The van der Waals surface area contributed by atoms with Gasteiger partial charge in [0.1, 0.15) is 11.0 Å². The van der Waals surface area contributed by atoms with Gasteiger partial charge in [0.25, 0.3) is 0 Å².